The van der Waals surface area contributed by atoms with Crippen LogP contribution in [0.25, 0.3) is 0 Å². The number of nitrogens with zero attached hydrogens (tertiary/aromatic N) is 2. The molecule has 0 radical (unpaired) electrons. The fraction of sp³-hybridized carbons (Fsp3) is 0.318. The largest absolute Gasteiger partial charge is 0.495 e. The van der Waals surface area contributed by atoms with Gasteiger partial charge in [0, 0.05) is 31.1 Å². The number of hydrogen-bond acceptors (Lipinski definition) is 5. The van der Waals surface area contributed by atoms with E-state index in [4.69, 9.17) is 9.47 Å². The van der Waals surface area contributed by atoms with E-state index in [1.165, 1.54) is 17.5 Å². The third-order valence-electron chi connectivity index (χ3n) is 5.37. The van der Waals surface area contributed by atoms with Crippen molar-refractivity contribution in [2.24, 2.45) is 0 Å². The van der Waals surface area contributed by atoms with E-state index in [1.54, 1.807) is 42.5 Å². The van der Waals surface area contributed by atoms with Gasteiger partial charge in [-0.2, -0.15) is 9.40 Å². The maximum absolute atomic E-state index is 13.6. The van der Waals surface area contributed by atoms with Gasteiger partial charge in [0.25, 0.3) is 0 Å². The van der Waals surface area contributed by atoms with Crippen LogP contribution in [-0.4, -0.2) is 49.7 Å². The van der Waals surface area contributed by atoms with E-state index < -0.39 is 15.8 Å². The van der Waals surface area contributed by atoms with Crippen molar-refractivity contribution in [1.82, 2.24) is 14.5 Å². The second-order valence-electron chi connectivity index (χ2n) is 7.35. The molecule has 1 aromatic heterocycles. The highest BCUT2D eigenvalue weighted by Gasteiger charge is 2.35. The smallest absolute Gasteiger partial charge is 0.246 e. The van der Waals surface area contributed by atoms with Gasteiger partial charge in [-0.05, 0) is 36.8 Å². The van der Waals surface area contributed by atoms with Crippen molar-refractivity contribution in [2.45, 2.75) is 23.7 Å². The Kier molecular flexibility index (Phi) is 6.24. The number of hydrogen-bond donors (Lipinski definition) is 1. The molecule has 0 aliphatic carbocycles. The second kappa shape index (κ2) is 9.07. The molecule has 7 nitrogen and oxygen atoms in total. The van der Waals surface area contributed by atoms with Crippen LogP contribution >= 0.6 is 0 Å². The van der Waals surface area contributed by atoms with Gasteiger partial charge in [0.1, 0.15) is 10.6 Å². The molecule has 1 atom stereocenters. The molecule has 0 spiro atoms. The van der Waals surface area contributed by atoms with Crippen molar-refractivity contribution >= 4 is 10.0 Å². The Labute approximate surface area is 180 Å². The average molecular weight is 446 g/mol. The number of nitrogens with one attached hydrogen (secondary N) is 1. The van der Waals surface area contributed by atoms with Crippen LogP contribution in [0.15, 0.2) is 59.5 Å². The number of aromatic nitrogens is 2. The number of sulfonamides is 1. The van der Waals surface area contributed by atoms with Crippen molar-refractivity contribution in [3.8, 4) is 11.5 Å². The lowest BCUT2D eigenvalue weighted by molar-refractivity contribution is 0.304. The van der Waals surface area contributed by atoms with Crippen LogP contribution in [-0.2, 0) is 16.4 Å². The topological polar surface area (TPSA) is 84.5 Å². The first-order valence-electron chi connectivity index (χ1n) is 10.0. The van der Waals surface area contributed by atoms with Crippen LogP contribution in [0.4, 0.5) is 4.39 Å². The minimum Gasteiger partial charge on any atom is -0.495 e. The zero-order chi connectivity index (χ0) is 21.8. The Morgan fingerprint density at radius 1 is 1.16 bits per heavy atom. The molecule has 1 saturated heterocycles. The van der Waals surface area contributed by atoms with E-state index in [0.29, 0.717) is 38.3 Å². The summed E-state index contributed by atoms with van der Waals surface area (Å²) in [5.74, 6) is 0.162. The van der Waals surface area contributed by atoms with Gasteiger partial charge in [-0.15, -0.1) is 0 Å². The normalized spacial score (nSPS) is 17.0. The Balaban J connectivity index is 1.38. The van der Waals surface area contributed by atoms with Crippen LogP contribution in [0.2, 0.25) is 0 Å². The number of methoxy groups -OCH3 is 1. The highest BCUT2D eigenvalue weighted by Crippen LogP contribution is 2.33. The summed E-state index contributed by atoms with van der Waals surface area (Å²) < 4.78 is 51.9. The van der Waals surface area contributed by atoms with Crippen LogP contribution in [0.3, 0.4) is 0 Å². The fourth-order valence-electron chi connectivity index (χ4n) is 3.71. The standard InChI is InChI=1S/C22H24FN3O4S/c1-29-21-8-4-5-9-22(21)31(27,28)26-12-10-16(15-26)19-14-17(24-25-19)11-13-30-20-7-3-2-6-18(20)23/h2-9,14,16H,10-13,15H2,1H3,(H,24,25). The lowest BCUT2D eigenvalue weighted by atomic mass is 10.0. The first-order chi connectivity index (χ1) is 15.0. The van der Waals surface area contributed by atoms with Gasteiger partial charge < -0.3 is 9.47 Å². The number of rotatable bonds is 8. The third-order valence-corrected chi connectivity index (χ3v) is 7.28. The van der Waals surface area contributed by atoms with Crippen molar-refractivity contribution in [3.05, 3.63) is 71.8 Å². The van der Waals surface area contributed by atoms with E-state index >= 15 is 0 Å². The van der Waals surface area contributed by atoms with Gasteiger partial charge in [-0.1, -0.05) is 24.3 Å². The van der Waals surface area contributed by atoms with Gasteiger partial charge in [-0.3, -0.25) is 5.10 Å². The van der Waals surface area contributed by atoms with E-state index in [-0.39, 0.29) is 16.6 Å². The summed E-state index contributed by atoms with van der Waals surface area (Å²) in [5, 5.41) is 7.34. The Hall–Kier alpha value is -2.91. The van der Waals surface area contributed by atoms with E-state index in [0.717, 1.165) is 11.4 Å². The van der Waals surface area contributed by atoms with Gasteiger partial charge in [-0.25, -0.2) is 12.8 Å². The molecule has 31 heavy (non-hydrogen) atoms. The number of benzene rings is 2. The molecule has 164 valence electrons. The van der Waals surface area contributed by atoms with Crippen LogP contribution in [0.1, 0.15) is 23.7 Å². The van der Waals surface area contributed by atoms with E-state index in [1.807, 2.05) is 6.07 Å². The Bertz CT molecular complexity index is 1150. The molecule has 4 rings (SSSR count). The zero-order valence-electron chi connectivity index (χ0n) is 17.1. The Morgan fingerprint density at radius 2 is 1.90 bits per heavy atom. The van der Waals surface area contributed by atoms with Crippen LogP contribution in [0.5, 0.6) is 11.5 Å². The minimum absolute atomic E-state index is 0.00182. The number of halogens is 1. The van der Waals surface area contributed by atoms with Gasteiger partial charge in [0.05, 0.1) is 19.4 Å². The van der Waals surface area contributed by atoms with Crippen molar-refractivity contribution in [3.63, 3.8) is 0 Å². The lowest BCUT2D eigenvalue weighted by Gasteiger charge is -2.18. The molecule has 9 heteroatoms. The Morgan fingerprint density at radius 3 is 2.68 bits per heavy atom. The molecule has 1 unspecified atom stereocenters. The van der Waals surface area contributed by atoms with Crippen molar-refractivity contribution < 1.29 is 22.3 Å². The third kappa shape index (κ3) is 4.57. The highest BCUT2D eigenvalue weighted by atomic mass is 32.2. The lowest BCUT2D eigenvalue weighted by Crippen LogP contribution is -2.29. The van der Waals surface area contributed by atoms with E-state index in [2.05, 4.69) is 10.2 Å². The molecule has 3 aromatic rings. The van der Waals surface area contributed by atoms with Crippen LogP contribution < -0.4 is 9.47 Å². The second-order valence-corrected chi connectivity index (χ2v) is 9.25. The van der Waals surface area contributed by atoms with Crippen molar-refractivity contribution in [1.29, 1.82) is 0 Å². The highest BCUT2D eigenvalue weighted by molar-refractivity contribution is 7.89. The molecular weight excluding hydrogens is 421 g/mol. The average Bonchev–Trinajstić information content (AvgIpc) is 3.45. The summed E-state index contributed by atoms with van der Waals surface area (Å²) in [6, 6.07) is 14.8. The van der Waals surface area contributed by atoms with E-state index in [9.17, 15) is 12.8 Å². The molecule has 1 fully saturated rings. The molecule has 0 bridgehead atoms. The minimum atomic E-state index is -3.65. The first kappa shape index (κ1) is 21.3. The molecule has 2 heterocycles. The summed E-state index contributed by atoms with van der Waals surface area (Å²) in [7, 11) is -2.19. The molecular formula is C22H24FN3O4S. The summed E-state index contributed by atoms with van der Waals surface area (Å²) in [6.45, 7) is 1.08. The molecule has 1 aliphatic heterocycles. The van der Waals surface area contributed by atoms with Crippen molar-refractivity contribution in [2.75, 3.05) is 26.8 Å². The monoisotopic (exact) mass is 445 g/mol. The molecule has 2 aromatic carbocycles. The zero-order valence-corrected chi connectivity index (χ0v) is 17.9. The number of para-hydroxylation sites is 2. The maximum Gasteiger partial charge on any atom is 0.246 e. The fourth-order valence-corrected chi connectivity index (χ4v) is 5.36. The number of aromatic amines is 1. The molecule has 1 aliphatic rings. The predicted molar refractivity (Wildman–Crippen MR) is 113 cm³/mol. The summed E-state index contributed by atoms with van der Waals surface area (Å²) in [6.07, 6.45) is 1.22. The quantitative estimate of drug-likeness (QED) is 0.575. The first-order valence-corrected chi connectivity index (χ1v) is 11.5. The SMILES string of the molecule is COc1ccccc1S(=O)(=O)N1CCC(c2cc(CCOc3ccccc3F)[nH]n2)C1. The van der Waals surface area contributed by atoms with Gasteiger partial charge >= 0.3 is 0 Å². The number of H-pyrrole nitrogens is 1. The van der Waals surface area contributed by atoms with Gasteiger partial charge in [0.2, 0.25) is 10.0 Å². The summed E-state index contributed by atoms with van der Waals surface area (Å²) >= 11 is 0. The molecule has 1 N–H and O–H groups in total. The van der Waals surface area contributed by atoms with Gasteiger partial charge in [0.15, 0.2) is 11.6 Å². The summed E-state index contributed by atoms with van der Waals surface area (Å²) in [4.78, 5) is 0.172. The maximum atomic E-state index is 13.6. The van der Waals surface area contributed by atoms with Crippen LogP contribution in [0, 0.1) is 5.82 Å². The summed E-state index contributed by atoms with van der Waals surface area (Å²) in [5.41, 5.74) is 1.68. The molecule has 0 amide bonds. The molecule has 0 saturated carbocycles. The number of ether oxygens (including phenoxy) is 2. The predicted octanol–water partition coefficient (Wildman–Crippen LogP) is 3.36.